The Morgan fingerprint density at radius 1 is 1.50 bits per heavy atom. The molecule has 14 heavy (non-hydrogen) atoms. The highest BCUT2D eigenvalue weighted by Gasteiger charge is 2.06. The second kappa shape index (κ2) is 4.46. The van der Waals surface area contributed by atoms with Crippen molar-refractivity contribution >= 4 is 22.6 Å². The van der Waals surface area contributed by atoms with Crippen LogP contribution < -0.4 is 5.32 Å². The first kappa shape index (κ1) is 9.52. The summed E-state index contributed by atoms with van der Waals surface area (Å²) in [6.07, 6.45) is 2.98. The van der Waals surface area contributed by atoms with Crippen LogP contribution in [0.4, 0.5) is 5.69 Å². The molecule has 0 saturated carbocycles. The van der Waals surface area contributed by atoms with Gasteiger partial charge in [-0.05, 0) is 25.5 Å². The van der Waals surface area contributed by atoms with Gasteiger partial charge in [0.2, 0.25) is 0 Å². The summed E-state index contributed by atoms with van der Waals surface area (Å²) in [5.41, 5.74) is 2.07. The van der Waals surface area contributed by atoms with Crippen molar-refractivity contribution in [1.82, 2.24) is 4.98 Å². The molecule has 0 atom stereocenters. The Hall–Kier alpha value is -1.03. The normalized spacial score (nSPS) is 16.2. The largest absolute Gasteiger partial charge is 0.334 e. The number of nitrogens with zero attached hydrogens (tertiary/aromatic N) is 2. The number of aliphatic imine (C=N–C) groups is 1. The van der Waals surface area contributed by atoms with Crippen LogP contribution in [0.25, 0.3) is 0 Å². The van der Waals surface area contributed by atoms with Gasteiger partial charge in [-0.3, -0.25) is 9.98 Å². The van der Waals surface area contributed by atoms with E-state index in [0.717, 1.165) is 28.8 Å². The number of hydrogen-bond donors (Lipinski definition) is 1. The molecule has 2 rings (SSSR count). The van der Waals surface area contributed by atoms with Crippen molar-refractivity contribution in [2.45, 2.75) is 13.3 Å². The lowest BCUT2D eigenvalue weighted by molar-refractivity contribution is 0.938. The van der Waals surface area contributed by atoms with Gasteiger partial charge in [-0.2, -0.15) is 0 Å². The lowest BCUT2D eigenvalue weighted by Gasteiger charge is -2.13. The molecule has 0 saturated heterocycles. The van der Waals surface area contributed by atoms with Gasteiger partial charge in [-0.25, -0.2) is 0 Å². The van der Waals surface area contributed by atoms with Crippen molar-refractivity contribution in [2.24, 2.45) is 4.99 Å². The van der Waals surface area contributed by atoms with Crippen molar-refractivity contribution in [3.63, 3.8) is 0 Å². The Balaban J connectivity index is 2.10. The molecule has 74 valence electrons. The van der Waals surface area contributed by atoms with E-state index >= 15 is 0 Å². The molecule has 0 fully saturated rings. The molecule has 2 heterocycles. The van der Waals surface area contributed by atoms with Crippen molar-refractivity contribution in [1.29, 1.82) is 0 Å². The van der Waals surface area contributed by atoms with Crippen LogP contribution in [0.5, 0.6) is 0 Å². The third kappa shape index (κ3) is 2.26. The number of amidine groups is 1. The van der Waals surface area contributed by atoms with Crippen LogP contribution in [0, 0.1) is 6.92 Å². The molecule has 1 N–H and O–H groups in total. The highest BCUT2D eigenvalue weighted by molar-refractivity contribution is 8.14. The van der Waals surface area contributed by atoms with Crippen LogP contribution >= 0.6 is 11.8 Å². The minimum absolute atomic E-state index is 0.939. The maximum atomic E-state index is 4.41. The van der Waals surface area contributed by atoms with E-state index in [2.05, 4.69) is 15.3 Å². The number of aryl methyl sites for hydroxylation is 1. The minimum atomic E-state index is 0.939. The summed E-state index contributed by atoms with van der Waals surface area (Å²) < 4.78 is 0. The van der Waals surface area contributed by atoms with Crippen LogP contribution in [0.3, 0.4) is 0 Å². The quantitative estimate of drug-likeness (QED) is 0.767. The molecule has 0 bridgehead atoms. The minimum Gasteiger partial charge on any atom is -0.334 e. The van der Waals surface area contributed by atoms with E-state index in [-0.39, 0.29) is 0 Å². The van der Waals surface area contributed by atoms with E-state index < -0.39 is 0 Å². The van der Waals surface area contributed by atoms with Gasteiger partial charge < -0.3 is 5.32 Å². The maximum absolute atomic E-state index is 4.41. The number of nitrogens with one attached hydrogen (secondary N) is 1. The summed E-state index contributed by atoms with van der Waals surface area (Å²) in [4.78, 5) is 8.62. The molecule has 3 nitrogen and oxygen atoms in total. The molecule has 0 amide bonds. The van der Waals surface area contributed by atoms with Gasteiger partial charge >= 0.3 is 0 Å². The highest BCUT2D eigenvalue weighted by Crippen LogP contribution is 2.17. The van der Waals surface area contributed by atoms with E-state index in [1.54, 1.807) is 18.0 Å². The molecular formula is C10H13N3S. The lowest BCUT2D eigenvalue weighted by atomic mass is 10.3. The predicted octanol–water partition coefficient (Wildman–Crippen LogP) is 2.29. The van der Waals surface area contributed by atoms with Crippen molar-refractivity contribution in [2.75, 3.05) is 17.6 Å². The summed E-state index contributed by atoms with van der Waals surface area (Å²) in [7, 11) is 0. The smallest absolute Gasteiger partial charge is 0.161 e. The average Bonchev–Trinajstić information content (AvgIpc) is 2.23. The molecule has 1 aliphatic heterocycles. The first-order valence-electron chi connectivity index (χ1n) is 4.72. The molecular weight excluding hydrogens is 194 g/mol. The molecule has 1 aromatic heterocycles. The van der Waals surface area contributed by atoms with E-state index in [4.69, 9.17) is 0 Å². The molecule has 0 unspecified atom stereocenters. The van der Waals surface area contributed by atoms with Gasteiger partial charge in [-0.15, -0.1) is 0 Å². The van der Waals surface area contributed by atoms with Crippen LogP contribution in [0.15, 0.2) is 23.3 Å². The molecule has 4 heteroatoms. The fourth-order valence-corrected chi connectivity index (χ4v) is 2.10. The van der Waals surface area contributed by atoms with Crippen molar-refractivity contribution in [3.05, 3.63) is 24.0 Å². The van der Waals surface area contributed by atoms with E-state index in [1.165, 1.54) is 6.42 Å². The number of pyridine rings is 1. The van der Waals surface area contributed by atoms with E-state index in [9.17, 15) is 0 Å². The van der Waals surface area contributed by atoms with Gasteiger partial charge in [0.1, 0.15) is 0 Å². The molecule has 0 spiro atoms. The van der Waals surface area contributed by atoms with Crippen molar-refractivity contribution in [3.8, 4) is 0 Å². The van der Waals surface area contributed by atoms with Gasteiger partial charge in [0.05, 0.1) is 11.4 Å². The topological polar surface area (TPSA) is 37.3 Å². The molecule has 0 aliphatic carbocycles. The third-order valence-corrected chi connectivity index (χ3v) is 3.04. The lowest BCUT2D eigenvalue weighted by Crippen LogP contribution is -2.14. The molecule has 0 aromatic carbocycles. The van der Waals surface area contributed by atoms with Gasteiger partial charge in [0.25, 0.3) is 0 Å². The maximum Gasteiger partial charge on any atom is 0.161 e. The zero-order valence-electron chi connectivity index (χ0n) is 8.16. The number of rotatable bonds is 1. The van der Waals surface area contributed by atoms with E-state index in [0.29, 0.717) is 0 Å². The second-order valence-electron chi connectivity index (χ2n) is 3.15. The van der Waals surface area contributed by atoms with Crippen molar-refractivity contribution < 1.29 is 0 Å². The molecule has 1 aromatic rings. The zero-order chi connectivity index (χ0) is 9.80. The van der Waals surface area contributed by atoms with Crippen LogP contribution in [0.1, 0.15) is 12.1 Å². The summed E-state index contributed by atoms with van der Waals surface area (Å²) in [5.74, 6) is 1.16. The number of thioether (sulfide) groups is 1. The van der Waals surface area contributed by atoms with Gasteiger partial charge in [0, 0.05) is 18.5 Å². The standard InChI is InChI=1S/C10H13N3S/c1-8-9(4-2-5-11-8)13-10-12-6-3-7-14-10/h2,4-5H,3,6-7H2,1H3,(H,12,13). The van der Waals surface area contributed by atoms with Crippen LogP contribution in [-0.2, 0) is 0 Å². The highest BCUT2D eigenvalue weighted by atomic mass is 32.2. The predicted molar refractivity (Wildman–Crippen MR) is 62.0 cm³/mol. The number of hydrogen-bond acceptors (Lipinski definition) is 4. The Morgan fingerprint density at radius 2 is 2.43 bits per heavy atom. The monoisotopic (exact) mass is 207 g/mol. The Bertz CT molecular complexity index is 349. The second-order valence-corrected chi connectivity index (χ2v) is 4.23. The first-order valence-corrected chi connectivity index (χ1v) is 5.71. The summed E-state index contributed by atoms with van der Waals surface area (Å²) in [5, 5.41) is 4.32. The fourth-order valence-electron chi connectivity index (χ4n) is 1.27. The van der Waals surface area contributed by atoms with Crippen LogP contribution in [-0.4, -0.2) is 22.4 Å². The van der Waals surface area contributed by atoms with Crippen LogP contribution in [0.2, 0.25) is 0 Å². The average molecular weight is 207 g/mol. The number of aromatic nitrogens is 1. The first-order chi connectivity index (χ1) is 6.86. The van der Waals surface area contributed by atoms with E-state index in [1.807, 2.05) is 19.1 Å². The number of anilines is 1. The molecule has 0 radical (unpaired) electrons. The zero-order valence-corrected chi connectivity index (χ0v) is 8.97. The summed E-state index contributed by atoms with van der Waals surface area (Å²) >= 11 is 1.78. The SMILES string of the molecule is Cc1ncccc1NC1=NCCCS1. The van der Waals surface area contributed by atoms with Gasteiger partial charge in [0.15, 0.2) is 5.17 Å². The van der Waals surface area contributed by atoms with Gasteiger partial charge in [-0.1, -0.05) is 11.8 Å². The summed E-state index contributed by atoms with van der Waals surface area (Å²) in [6.45, 7) is 2.94. The Kier molecular flexibility index (Phi) is 3.03. The summed E-state index contributed by atoms with van der Waals surface area (Å²) in [6, 6.07) is 3.96. The molecule has 1 aliphatic rings. The third-order valence-electron chi connectivity index (χ3n) is 2.05. The Morgan fingerprint density at radius 3 is 3.14 bits per heavy atom. The fraction of sp³-hybridized carbons (Fsp3) is 0.400. The Labute approximate surface area is 88.0 Å².